The third-order valence-electron chi connectivity index (χ3n) is 4.76. The zero-order chi connectivity index (χ0) is 21.3. The number of imidazole rings is 1. The van der Waals surface area contributed by atoms with Gasteiger partial charge in [-0.25, -0.2) is 14.8 Å². The van der Waals surface area contributed by atoms with Gasteiger partial charge in [0.15, 0.2) is 0 Å². The molecule has 0 unspecified atom stereocenters. The maximum atomic E-state index is 12.3. The Bertz CT molecular complexity index is 1230. The SMILES string of the molecule is COc1cc(C)ccc1-c1nc(C)c(NC(=O)OCc2ccc3c(c2)ncn3C)s1. The number of nitrogens with zero attached hydrogens (tertiary/aromatic N) is 3. The van der Waals surface area contributed by atoms with Crippen molar-refractivity contribution in [3.8, 4) is 16.3 Å². The fourth-order valence-electron chi connectivity index (χ4n) is 3.15. The second-order valence-electron chi connectivity index (χ2n) is 7.02. The number of amides is 1. The van der Waals surface area contributed by atoms with Crippen molar-refractivity contribution in [1.29, 1.82) is 0 Å². The fraction of sp³-hybridized carbons (Fsp3) is 0.227. The molecule has 0 radical (unpaired) electrons. The Morgan fingerprint density at radius 2 is 2.03 bits per heavy atom. The van der Waals surface area contributed by atoms with E-state index in [9.17, 15) is 4.79 Å². The number of nitrogens with one attached hydrogen (secondary N) is 1. The Labute approximate surface area is 178 Å². The number of ether oxygens (including phenoxy) is 2. The standard InChI is InChI=1S/C22H22N4O3S/c1-13-5-7-16(19(9-13)28-4)21-24-14(2)20(30-21)25-22(27)29-11-15-6-8-18-17(10-15)23-12-26(18)3/h5-10,12H,11H2,1-4H3,(H,25,27). The van der Waals surface area contributed by atoms with Crippen LogP contribution >= 0.6 is 11.3 Å². The Hall–Kier alpha value is -3.39. The summed E-state index contributed by atoms with van der Waals surface area (Å²) in [6.07, 6.45) is 1.24. The van der Waals surface area contributed by atoms with Gasteiger partial charge in [0.25, 0.3) is 0 Å². The van der Waals surface area contributed by atoms with Crippen LogP contribution in [0, 0.1) is 13.8 Å². The number of rotatable bonds is 5. The smallest absolute Gasteiger partial charge is 0.412 e. The molecule has 2 aromatic carbocycles. The average Bonchev–Trinajstić information content (AvgIpc) is 3.28. The number of hydrogen-bond donors (Lipinski definition) is 1. The Balaban J connectivity index is 1.44. The van der Waals surface area contributed by atoms with E-state index in [-0.39, 0.29) is 6.61 Å². The molecule has 0 aliphatic rings. The first kappa shape index (κ1) is 19.9. The summed E-state index contributed by atoms with van der Waals surface area (Å²) in [4.78, 5) is 21.2. The Morgan fingerprint density at radius 3 is 2.83 bits per heavy atom. The molecule has 0 fully saturated rings. The lowest BCUT2D eigenvalue weighted by atomic mass is 10.1. The third-order valence-corrected chi connectivity index (χ3v) is 5.87. The summed E-state index contributed by atoms with van der Waals surface area (Å²) in [6, 6.07) is 11.8. The van der Waals surface area contributed by atoms with Crippen LogP contribution in [-0.4, -0.2) is 27.7 Å². The van der Waals surface area contributed by atoms with Gasteiger partial charge in [-0.15, -0.1) is 0 Å². The van der Waals surface area contributed by atoms with E-state index < -0.39 is 6.09 Å². The van der Waals surface area contributed by atoms with E-state index in [1.54, 1.807) is 13.4 Å². The van der Waals surface area contributed by atoms with Crippen LogP contribution in [0.15, 0.2) is 42.7 Å². The van der Waals surface area contributed by atoms with E-state index in [4.69, 9.17) is 9.47 Å². The second-order valence-corrected chi connectivity index (χ2v) is 8.02. The lowest BCUT2D eigenvalue weighted by molar-refractivity contribution is 0.155. The summed E-state index contributed by atoms with van der Waals surface area (Å²) in [5.74, 6) is 0.753. The molecule has 0 saturated carbocycles. The van der Waals surface area contributed by atoms with E-state index in [1.165, 1.54) is 11.3 Å². The van der Waals surface area contributed by atoms with Gasteiger partial charge in [0, 0.05) is 7.05 Å². The molecule has 1 amide bonds. The average molecular weight is 423 g/mol. The van der Waals surface area contributed by atoms with Crippen LogP contribution in [0.1, 0.15) is 16.8 Å². The van der Waals surface area contributed by atoms with Crippen molar-refractivity contribution in [2.45, 2.75) is 20.5 Å². The number of benzene rings is 2. The molecule has 4 rings (SSSR count). The van der Waals surface area contributed by atoms with Gasteiger partial charge in [-0.1, -0.05) is 23.5 Å². The maximum absolute atomic E-state index is 12.3. The summed E-state index contributed by atoms with van der Waals surface area (Å²) in [5.41, 5.74) is 5.50. The Morgan fingerprint density at radius 1 is 1.20 bits per heavy atom. The first-order valence-corrected chi connectivity index (χ1v) is 10.2. The number of thiazole rings is 1. The zero-order valence-electron chi connectivity index (χ0n) is 17.2. The number of aromatic nitrogens is 3. The van der Waals surface area contributed by atoms with Crippen LogP contribution < -0.4 is 10.1 Å². The molecule has 0 aliphatic carbocycles. The first-order chi connectivity index (χ1) is 14.4. The van der Waals surface area contributed by atoms with Gasteiger partial charge in [0.05, 0.1) is 35.7 Å². The molecule has 2 heterocycles. The third kappa shape index (κ3) is 3.99. The lowest BCUT2D eigenvalue weighted by Crippen LogP contribution is -2.13. The molecule has 0 saturated heterocycles. The van der Waals surface area contributed by atoms with E-state index in [0.717, 1.165) is 44.2 Å². The minimum absolute atomic E-state index is 0.162. The van der Waals surface area contributed by atoms with Gasteiger partial charge < -0.3 is 14.0 Å². The van der Waals surface area contributed by atoms with E-state index in [2.05, 4.69) is 15.3 Å². The molecular formula is C22H22N4O3S. The van der Waals surface area contributed by atoms with Crippen LogP contribution in [0.3, 0.4) is 0 Å². The zero-order valence-corrected chi connectivity index (χ0v) is 18.0. The van der Waals surface area contributed by atoms with Crippen molar-refractivity contribution in [3.05, 3.63) is 59.5 Å². The number of carbonyl (C=O) groups excluding carboxylic acids is 1. The first-order valence-electron chi connectivity index (χ1n) is 9.41. The molecule has 0 bridgehead atoms. The van der Waals surface area contributed by atoms with Crippen LogP contribution in [-0.2, 0) is 18.4 Å². The van der Waals surface area contributed by atoms with Crippen molar-refractivity contribution in [2.24, 2.45) is 7.05 Å². The number of anilines is 1. The number of methoxy groups -OCH3 is 1. The summed E-state index contributed by atoms with van der Waals surface area (Å²) in [6.45, 7) is 4.02. The molecule has 2 aromatic heterocycles. The molecule has 30 heavy (non-hydrogen) atoms. The predicted octanol–water partition coefficient (Wildman–Crippen LogP) is 5.07. The molecule has 7 nitrogen and oxygen atoms in total. The highest BCUT2D eigenvalue weighted by molar-refractivity contribution is 7.19. The molecule has 0 spiro atoms. The lowest BCUT2D eigenvalue weighted by Gasteiger charge is -2.07. The van der Waals surface area contributed by atoms with Crippen molar-refractivity contribution >= 4 is 33.5 Å². The highest BCUT2D eigenvalue weighted by Crippen LogP contribution is 2.37. The van der Waals surface area contributed by atoms with E-state index >= 15 is 0 Å². The minimum atomic E-state index is -0.523. The topological polar surface area (TPSA) is 78.3 Å². The molecule has 1 N–H and O–H groups in total. The monoisotopic (exact) mass is 422 g/mol. The van der Waals surface area contributed by atoms with Crippen LogP contribution in [0.4, 0.5) is 9.80 Å². The highest BCUT2D eigenvalue weighted by atomic mass is 32.1. The summed E-state index contributed by atoms with van der Waals surface area (Å²) in [5, 5.41) is 4.22. The molecule has 0 atom stereocenters. The second kappa shape index (κ2) is 8.16. The van der Waals surface area contributed by atoms with Crippen LogP contribution in [0.2, 0.25) is 0 Å². The largest absolute Gasteiger partial charge is 0.496 e. The number of hydrogen-bond acceptors (Lipinski definition) is 6. The minimum Gasteiger partial charge on any atom is -0.496 e. The quantitative estimate of drug-likeness (QED) is 0.486. The van der Waals surface area contributed by atoms with Gasteiger partial charge in [-0.2, -0.15) is 0 Å². The van der Waals surface area contributed by atoms with Gasteiger partial charge in [0.2, 0.25) is 0 Å². The van der Waals surface area contributed by atoms with Gasteiger partial charge in [0.1, 0.15) is 22.4 Å². The Kier molecular flexibility index (Phi) is 5.41. The summed E-state index contributed by atoms with van der Waals surface area (Å²) < 4.78 is 12.8. The summed E-state index contributed by atoms with van der Waals surface area (Å²) >= 11 is 1.39. The molecule has 8 heteroatoms. The van der Waals surface area contributed by atoms with Crippen LogP contribution in [0.25, 0.3) is 21.6 Å². The van der Waals surface area contributed by atoms with Crippen molar-refractivity contribution < 1.29 is 14.3 Å². The normalized spacial score (nSPS) is 10.9. The van der Waals surface area contributed by atoms with Gasteiger partial charge in [-0.05, 0) is 49.2 Å². The summed E-state index contributed by atoms with van der Waals surface area (Å²) in [7, 11) is 3.58. The molecule has 0 aliphatic heterocycles. The predicted molar refractivity (Wildman–Crippen MR) is 118 cm³/mol. The highest BCUT2D eigenvalue weighted by Gasteiger charge is 2.16. The fourth-order valence-corrected chi connectivity index (χ4v) is 4.13. The van der Waals surface area contributed by atoms with Gasteiger partial charge >= 0.3 is 6.09 Å². The number of aryl methyl sites for hydroxylation is 3. The molecule has 154 valence electrons. The number of carbonyl (C=O) groups is 1. The van der Waals surface area contributed by atoms with E-state index in [0.29, 0.717) is 5.00 Å². The van der Waals surface area contributed by atoms with E-state index in [1.807, 2.05) is 61.9 Å². The van der Waals surface area contributed by atoms with Crippen LogP contribution in [0.5, 0.6) is 5.75 Å². The molecule has 4 aromatic rings. The molecular weight excluding hydrogens is 400 g/mol. The van der Waals surface area contributed by atoms with Crippen molar-refractivity contribution in [3.63, 3.8) is 0 Å². The van der Waals surface area contributed by atoms with Crippen molar-refractivity contribution in [1.82, 2.24) is 14.5 Å². The van der Waals surface area contributed by atoms with Gasteiger partial charge in [-0.3, -0.25) is 5.32 Å². The maximum Gasteiger partial charge on any atom is 0.412 e. The van der Waals surface area contributed by atoms with Crippen molar-refractivity contribution in [2.75, 3.05) is 12.4 Å². The number of fused-ring (bicyclic) bond motifs is 1.